The summed E-state index contributed by atoms with van der Waals surface area (Å²) < 4.78 is 23.6. The van der Waals surface area contributed by atoms with Crippen molar-refractivity contribution in [3.05, 3.63) is 65.4 Å². The summed E-state index contributed by atoms with van der Waals surface area (Å²) in [5.74, 6) is 0.871. The van der Waals surface area contributed by atoms with E-state index in [9.17, 15) is 0 Å². The molecule has 0 aliphatic carbocycles. The summed E-state index contributed by atoms with van der Waals surface area (Å²) in [6.07, 6.45) is 9.61. The van der Waals surface area contributed by atoms with Crippen LogP contribution in [-0.4, -0.2) is 65.3 Å². The second kappa shape index (κ2) is 11.9. The molecule has 5 heterocycles. The molecule has 4 aliphatic rings. The fraction of sp³-hybridized carbons (Fsp3) is 0.514. The minimum atomic E-state index is -0.347. The van der Waals surface area contributed by atoms with E-state index in [1.807, 2.05) is 19.1 Å². The van der Waals surface area contributed by atoms with Crippen molar-refractivity contribution in [2.75, 3.05) is 37.7 Å². The summed E-state index contributed by atoms with van der Waals surface area (Å²) in [4.78, 5) is 14.7. The van der Waals surface area contributed by atoms with E-state index in [0.29, 0.717) is 35.7 Å². The fourth-order valence-electron chi connectivity index (χ4n) is 8.37. The number of nitrogens with one attached hydrogen (secondary N) is 1. The van der Waals surface area contributed by atoms with Crippen LogP contribution in [0.3, 0.4) is 0 Å². The molecule has 1 N–H and O–H groups in total. The summed E-state index contributed by atoms with van der Waals surface area (Å²) in [7, 11) is 0. The van der Waals surface area contributed by atoms with E-state index in [-0.39, 0.29) is 23.1 Å². The number of hydrogen-bond acceptors (Lipinski definition) is 6. The highest BCUT2D eigenvalue weighted by Crippen LogP contribution is 2.41. The molecule has 6 nitrogen and oxygen atoms in total. The average Bonchev–Trinajstić information content (AvgIpc) is 3.71. The first kappa shape index (κ1) is 29.4. The number of ether oxygens (including phenoxy) is 1. The predicted molar refractivity (Wildman–Crippen MR) is 179 cm³/mol. The molecule has 4 aliphatic heterocycles. The Bertz CT molecular complexity index is 1570. The van der Waals surface area contributed by atoms with Gasteiger partial charge in [0, 0.05) is 30.7 Å². The smallest absolute Gasteiger partial charge is 0.319 e. The minimum Gasteiger partial charge on any atom is -0.461 e. The van der Waals surface area contributed by atoms with Crippen LogP contribution in [0.15, 0.2) is 43.0 Å². The lowest BCUT2D eigenvalue weighted by atomic mass is 9.90. The lowest BCUT2D eigenvalue weighted by Crippen LogP contribution is -2.51. The lowest BCUT2D eigenvalue weighted by molar-refractivity contribution is 0.107. The van der Waals surface area contributed by atoms with Crippen LogP contribution in [0, 0.1) is 5.92 Å². The molecular weight excluding hydrogens is 549 g/mol. The Balaban J connectivity index is 1.33. The number of rotatable bonds is 9. The molecule has 0 spiro atoms. The first-order valence-corrected chi connectivity index (χ1v) is 16.7. The van der Waals surface area contributed by atoms with E-state index in [1.54, 1.807) is 6.08 Å². The second-order valence-electron chi connectivity index (χ2n) is 13.9. The van der Waals surface area contributed by atoms with E-state index in [0.717, 1.165) is 80.4 Å². The highest BCUT2D eigenvalue weighted by molar-refractivity contribution is 6.01. The van der Waals surface area contributed by atoms with Crippen LogP contribution in [0.1, 0.15) is 81.7 Å². The van der Waals surface area contributed by atoms with Crippen LogP contribution in [0.2, 0.25) is 0 Å². The first-order valence-electron chi connectivity index (χ1n) is 16.7. The second-order valence-corrected chi connectivity index (χ2v) is 13.9. The molecule has 0 saturated carbocycles. The van der Waals surface area contributed by atoms with Gasteiger partial charge in [-0.3, -0.25) is 4.90 Å². The van der Waals surface area contributed by atoms with Gasteiger partial charge in [0.15, 0.2) is 5.83 Å². The van der Waals surface area contributed by atoms with Gasteiger partial charge in [0.2, 0.25) is 0 Å². The van der Waals surface area contributed by atoms with Crippen molar-refractivity contribution >= 4 is 34.1 Å². The van der Waals surface area contributed by atoms with Crippen LogP contribution in [0.4, 0.5) is 10.2 Å². The molecule has 2 unspecified atom stereocenters. The van der Waals surface area contributed by atoms with E-state index < -0.39 is 0 Å². The van der Waals surface area contributed by atoms with Gasteiger partial charge in [0.25, 0.3) is 0 Å². The molecule has 0 radical (unpaired) electrons. The first-order chi connectivity index (χ1) is 21.3. The van der Waals surface area contributed by atoms with Crippen molar-refractivity contribution in [2.45, 2.75) is 83.3 Å². The SMILES string of the molecule is C=Cc1c(/C(F)=C(\C)c2cccc3cccc(CC(C)C)c23)nc(OCC23CCCN2CCC3)nc1N1CC2CCC(C1)N2. The van der Waals surface area contributed by atoms with Gasteiger partial charge < -0.3 is 15.0 Å². The molecule has 7 heteroatoms. The number of piperazine rings is 1. The molecule has 7 rings (SSSR count). The molecule has 2 aromatic carbocycles. The Hall–Kier alpha value is -3.29. The van der Waals surface area contributed by atoms with Gasteiger partial charge in [-0.05, 0) is 98.3 Å². The van der Waals surface area contributed by atoms with Gasteiger partial charge in [-0.15, -0.1) is 0 Å². The maximum atomic E-state index is 17.1. The van der Waals surface area contributed by atoms with Gasteiger partial charge in [0.1, 0.15) is 18.1 Å². The number of aromatic nitrogens is 2. The van der Waals surface area contributed by atoms with Crippen LogP contribution in [0.5, 0.6) is 6.01 Å². The average molecular weight is 596 g/mol. The van der Waals surface area contributed by atoms with Crippen LogP contribution >= 0.6 is 0 Å². The molecule has 44 heavy (non-hydrogen) atoms. The summed E-state index contributed by atoms with van der Waals surface area (Å²) in [6.45, 7) is 14.9. The van der Waals surface area contributed by atoms with Crippen molar-refractivity contribution in [1.29, 1.82) is 0 Å². The zero-order valence-electron chi connectivity index (χ0n) is 26.5. The molecule has 1 aromatic heterocycles. The Labute approximate surface area is 261 Å². The zero-order chi connectivity index (χ0) is 30.4. The van der Waals surface area contributed by atoms with Crippen LogP contribution in [-0.2, 0) is 6.42 Å². The summed E-state index contributed by atoms with van der Waals surface area (Å²) in [6, 6.07) is 13.7. The molecule has 3 aromatic rings. The van der Waals surface area contributed by atoms with Gasteiger partial charge in [-0.2, -0.15) is 9.97 Å². The molecule has 2 bridgehead atoms. The molecule has 4 fully saturated rings. The Morgan fingerprint density at radius 2 is 1.80 bits per heavy atom. The van der Waals surface area contributed by atoms with E-state index in [1.165, 1.54) is 18.4 Å². The number of halogens is 1. The van der Waals surface area contributed by atoms with E-state index >= 15 is 4.39 Å². The molecule has 0 amide bonds. The highest BCUT2D eigenvalue weighted by atomic mass is 19.1. The fourth-order valence-corrected chi connectivity index (χ4v) is 8.37. The van der Waals surface area contributed by atoms with Crippen molar-refractivity contribution < 1.29 is 9.13 Å². The third-order valence-corrected chi connectivity index (χ3v) is 10.5. The Morgan fingerprint density at radius 1 is 1.09 bits per heavy atom. The normalized spacial score (nSPS) is 23.3. The van der Waals surface area contributed by atoms with Crippen LogP contribution < -0.4 is 15.0 Å². The third-order valence-electron chi connectivity index (χ3n) is 10.5. The zero-order valence-corrected chi connectivity index (χ0v) is 26.5. The molecule has 232 valence electrons. The number of fused-ring (bicyclic) bond motifs is 4. The van der Waals surface area contributed by atoms with Gasteiger partial charge in [0.05, 0.1) is 5.54 Å². The molecule has 4 saturated heterocycles. The van der Waals surface area contributed by atoms with Gasteiger partial charge >= 0.3 is 6.01 Å². The van der Waals surface area contributed by atoms with Crippen LogP contribution in [0.25, 0.3) is 28.2 Å². The number of benzene rings is 2. The van der Waals surface area contributed by atoms with Crippen molar-refractivity contribution in [1.82, 2.24) is 20.2 Å². The Morgan fingerprint density at radius 3 is 2.48 bits per heavy atom. The lowest BCUT2D eigenvalue weighted by Gasteiger charge is -2.35. The third kappa shape index (κ3) is 5.32. The largest absolute Gasteiger partial charge is 0.461 e. The monoisotopic (exact) mass is 595 g/mol. The van der Waals surface area contributed by atoms with Gasteiger partial charge in [-0.25, -0.2) is 4.39 Å². The quantitative estimate of drug-likeness (QED) is 0.281. The standard InChI is InChI=1S/C37H46FN5O/c1-5-30-34(33(38)25(4)31-13-7-11-26-10-6-12-27(32(26)31)20-24(2)3)40-36(44-23-37-16-8-18-43(37)19-9-17-37)41-35(30)42-21-28-14-15-29(22-42)39-28/h5-7,10-13,24,28-29,39H,1,8-9,14-23H2,2-4H3/b33-25-. The Kier molecular flexibility index (Phi) is 7.96. The number of hydrogen-bond donors (Lipinski definition) is 1. The van der Waals surface area contributed by atoms with Crippen molar-refractivity contribution in [3.8, 4) is 6.01 Å². The summed E-state index contributed by atoms with van der Waals surface area (Å²) in [5, 5.41) is 5.95. The molecular formula is C37H46FN5O. The number of nitrogens with zero attached hydrogens (tertiary/aromatic N) is 4. The summed E-state index contributed by atoms with van der Waals surface area (Å²) >= 11 is 0. The van der Waals surface area contributed by atoms with Crippen molar-refractivity contribution in [3.63, 3.8) is 0 Å². The molecule has 2 atom stereocenters. The number of allylic oxidation sites excluding steroid dienone is 1. The topological polar surface area (TPSA) is 53.5 Å². The van der Waals surface area contributed by atoms with E-state index in [4.69, 9.17) is 14.7 Å². The maximum Gasteiger partial charge on any atom is 0.319 e. The maximum absolute atomic E-state index is 17.1. The number of anilines is 1. The minimum absolute atomic E-state index is 0.0506. The van der Waals surface area contributed by atoms with Gasteiger partial charge in [-0.1, -0.05) is 62.9 Å². The van der Waals surface area contributed by atoms with Crippen molar-refractivity contribution in [2.24, 2.45) is 5.92 Å². The highest BCUT2D eigenvalue weighted by Gasteiger charge is 2.45. The summed E-state index contributed by atoms with van der Waals surface area (Å²) in [5.41, 5.74) is 3.68. The predicted octanol–water partition coefficient (Wildman–Crippen LogP) is 7.28. The van der Waals surface area contributed by atoms with E-state index in [2.05, 4.69) is 59.8 Å².